The van der Waals surface area contributed by atoms with Gasteiger partial charge in [0, 0.05) is 21.8 Å². The minimum Gasteiger partial charge on any atom is -0.497 e. The zero-order valence-corrected chi connectivity index (χ0v) is 24.2. The predicted octanol–water partition coefficient (Wildman–Crippen LogP) is 6.85. The van der Waals surface area contributed by atoms with Crippen LogP contribution in [0.1, 0.15) is 31.9 Å². The third-order valence-corrected chi connectivity index (χ3v) is 8.91. The molecule has 0 bridgehead atoms. The topological polar surface area (TPSA) is 83.2 Å². The second kappa shape index (κ2) is 12.6. The number of pyridine rings is 1. The van der Waals surface area contributed by atoms with E-state index in [-0.39, 0.29) is 16.9 Å². The van der Waals surface area contributed by atoms with Crippen molar-refractivity contribution in [3.8, 4) is 34.2 Å². The molecule has 4 rings (SSSR count). The molecular weight excluding hydrogens is 524 g/mol. The third-order valence-electron chi connectivity index (χ3n) is 6.31. The second-order valence-corrected chi connectivity index (χ2v) is 12.7. The molecule has 0 fully saturated rings. The van der Waals surface area contributed by atoms with E-state index in [1.807, 2.05) is 84.9 Å². The Morgan fingerprint density at radius 3 is 2.26 bits per heavy atom. The van der Waals surface area contributed by atoms with Crippen LogP contribution < -0.4 is 4.74 Å². The number of aliphatic hydroxyl groups is 1. The summed E-state index contributed by atoms with van der Waals surface area (Å²) in [4.78, 5) is 5.50. The summed E-state index contributed by atoms with van der Waals surface area (Å²) in [5.74, 6) is 1.11. The van der Waals surface area contributed by atoms with Crippen molar-refractivity contribution in [1.82, 2.24) is 4.98 Å². The molecule has 0 radical (unpaired) electrons. The molecule has 0 saturated carbocycles. The van der Waals surface area contributed by atoms with E-state index in [0.717, 1.165) is 28.1 Å². The molecule has 0 aliphatic heterocycles. The van der Waals surface area contributed by atoms with E-state index < -0.39 is 16.9 Å². The summed E-state index contributed by atoms with van der Waals surface area (Å²) in [6.07, 6.45) is -0.837. The van der Waals surface area contributed by atoms with Crippen LogP contribution >= 0.6 is 11.8 Å². The lowest BCUT2D eigenvalue weighted by molar-refractivity contribution is 0.224. The van der Waals surface area contributed by atoms with Gasteiger partial charge in [-0.2, -0.15) is 5.26 Å². The van der Waals surface area contributed by atoms with Crippen molar-refractivity contribution < 1.29 is 14.1 Å². The molecular formula is C32H32N2O3S2. The van der Waals surface area contributed by atoms with Crippen molar-refractivity contribution in [1.29, 1.82) is 5.26 Å². The van der Waals surface area contributed by atoms with Crippen molar-refractivity contribution in [2.24, 2.45) is 0 Å². The number of aromatic nitrogens is 1. The first-order valence-electron chi connectivity index (χ1n) is 12.6. The Labute approximate surface area is 237 Å². The largest absolute Gasteiger partial charge is 0.497 e. The van der Waals surface area contributed by atoms with Gasteiger partial charge in [0.15, 0.2) is 0 Å². The van der Waals surface area contributed by atoms with Crippen molar-refractivity contribution in [2.75, 3.05) is 18.6 Å². The maximum atomic E-state index is 12.9. The Balaban J connectivity index is 1.57. The molecule has 39 heavy (non-hydrogen) atoms. The minimum absolute atomic E-state index is 0.0145. The smallest absolute Gasteiger partial charge is 0.118 e. The van der Waals surface area contributed by atoms with E-state index in [1.54, 1.807) is 7.11 Å². The fraction of sp³-hybridized carbons (Fsp3) is 0.250. The van der Waals surface area contributed by atoms with Crippen LogP contribution in [0.15, 0.2) is 94.9 Å². The second-order valence-electron chi connectivity index (χ2n) is 10.2. The molecule has 1 aromatic heterocycles. The van der Waals surface area contributed by atoms with Crippen LogP contribution in [0.4, 0.5) is 0 Å². The van der Waals surface area contributed by atoms with Gasteiger partial charge in [-0.15, -0.1) is 11.8 Å². The summed E-state index contributed by atoms with van der Waals surface area (Å²) < 4.78 is 18.2. The molecule has 4 aromatic rings. The highest BCUT2D eigenvalue weighted by atomic mass is 32.2. The highest BCUT2D eigenvalue weighted by Crippen LogP contribution is 2.35. The Kier molecular flexibility index (Phi) is 9.24. The van der Waals surface area contributed by atoms with Crippen molar-refractivity contribution in [2.45, 2.75) is 42.2 Å². The van der Waals surface area contributed by atoms with Gasteiger partial charge in [-0.25, -0.2) is 4.98 Å². The SMILES string of the molecule is COc1ccc(-c2cc(-c3ccccc3)c(C#N)c(SC[C@H](O)C[S@](=O)c3ccc(C(C)(C)C)cc3)n2)cc1. The quantitative estimate of drug-likeness (QED) is 0.227. The summed E-state index contributed by atoms with van der Waals surface area (Å²) in [5.41, 5.74) is 4.93. The summed E-state index contributed by atoms with van der Waals surface area (Å²) in [5, 5.41) is 21.4. The molecule has 0 aliphatic rings. The fourth-order valence-electron chi connectivity index (χ4n) is 4.09. The number of ether oxygens (including phenoxy) is 1. The maximum absolute atomic E-state index is 12.9. The lowest BCUT2D eigenvalue weighted by Crippen LogP contribution is -2.20. The Morgan fingerprint density at radius 1 is 1.00 bits per heavy atom. The van der Waals surface area contributed by atoms with Crippen molar-refractivity contribution in [3.05, 3.63) is 96.1 Å². The number of rotatable bonds is 9. The van der Waals surface area contributed by atoms with Gasteiger partial charge in [0.1, 0.15) is 16.8 Å². The van der Waals surface area contributed by atoms with Crippen LogP contribution in [0.5, 0.6) is 5.75 Å². The van der Waals surface area contributed by atoms with Crippen molar-refractivity contribution >= 4 is 22.6 Å². The average Bonchev–Trinajstić information content (AvgIpc) is 2.95. The van der Waals surface area contributed by atoms with E-state index in [1.165, 1.54) is 17.3 Å². The normalized spacial score (nSPS) is 12.9. The number of nitrogens with zero attached hydrogens (tertiary/aromatic N) is 2. The van der Waals surface area contributed by atoms with Gasteiger partial charge in [0.2, 0.25) is 0 Å². The Morgan fingerprint density at radius 2 is 1.67 bits per heavy atom. The summed E-state index contributed by atoms with van der Waals surface area (Å²) in [6, 6.07) is 29.3. The van der Waals surface area contributed by atoms with Gasteiger partial charge in [-0.05, 0) is 59.0 Å². The van der Waals surface area contributed by atoms with Gasteiger partial charge < -0.3 is 9.84 Å². The summed E-state index contributed by atoms with van der Waals surface area (Å²) >= 11 is 1.31. The van der Waals surface area contributed by atoms with Crippen LogP contribution in [-0.4, -0.2) is 39.0 Å². The Bertz CT molecular complexity index is 1470. The Hall–Kier alpha value is -3.44. The van der Waals surface area contributed by atoms with Gasteiger partial charge in [0.05, 0.1) is 41.0 Å². The fourth-order valence-corrected chi connectivity index (χ4v) is 6.27. The average molecular weight is 557 g/mol. The van der Waals surface area contributed by atoms with E-state index in [9.17, 15) is 14.6 Å². The highest BCUT2D eigenvalue weighted by Gasteiger charge is 2.19. The van der Waals surface area contributed by atoms with Crippen LogP contribution in [0.25, 0.3) is 22.4 Å². The van der Waals surface area contributed by atoms with Crippen LogP contribution in [0.3, 0.4) is 0 Å². The summed E-state index contributed by atoms with van der Waals surface area (Å²) in [6.45, 7) is 6.41. The molecule has 1 N–H and O–H groups in total. The molecule has 200 valence electrons. The summed E-state index contributed by atoms with van der Waals surface area (Å²) in [7, 11) is 0.276. The molecule has 2 atom stereocenters. The van der Waals surface area contributed by atoms with Gasteiger partial charge in [-0.1, -0.05) is 63.2 Å². The lowest BCUT2D eigenvalue weighted by atomic mass is 9.87. The number of aliphatic hydroxyl groups excluding tert-OH is 1. The lowest BCUT2D eigenvalue weighted by Gasteiger charge is -2.19. The monoisotopic (exact) mass is 556 g/mol. The molecule has 0 unspecified atom stereocenters. The zero-order valence-electron chi connectivity index (χ0n) is 22.5. The molecule has 0 spiro atoms. The molecule has 3 aromatic carbocycles. The third kappa shape index (κ3) is 7.15. The van der Waals surface area contributed by atoms with Gasteiger partial charge in [0.25, 0.3) is 0 Å². The highest BCUT2D eigenvalue weighted by molar-refractivity contribution is 7.99. The van der Waals surface area contributed by atoms with Gasteiger partial charge >= 0.3 is 0 Å². The zero-order chi connectivity index (χ0) is 28.0. The number of hydrogen-bond acceptors (Lipinski definition) is 6. The van der Waals surface area contributed by atoms with Crippen molar-refractivity contribution in [3.63, 3.8) is 0 Å². The van der Waals surface area contributed by atoms with E-state index in [2.05, 4.69) is 26.8 Å². The van der Waals surface area contributed by atoms with Crippen LogP contribution in [0.2, 0.25) is 0 Å². The first kappa shape index (κ1) is 28.6. The number of benzene rings is 3. The standard InChI is InChI=1S/C32H32N2O3S2/c1-32(2,3)24-12-16-27(17-13-24)39(36)21-25(35)20-38-31-29(19-33)28(22-8-6-5-7-9-22)18-30(34-31)23-10-14-26(37-4)15-11-23/h5-18,25,35H,20-21H2,1-4H3/t25-,39-/m0/s1. The number of methoxy groups -OCH3 is 1. The maximum Gasteiger partial charge on any atom is 0.118 e. The van der Waals surface area contributed by atoms with Crippen LogP contribution in [-0.2, 0) is 16.2 Å². The van der Waals surface area contributed by atoms with E-state index in [0.29, 0.717) is 15.5 Å². The number of nitriles is 1. The predicted molar refractivity (Wildman–Crippen MR) is 160 cm³/mol. The first-order valence-corrected chi connectivity index (χ1v) is 14.9. The van der Waals surface area contributed by atoms with E-state index in [4.69, 9.17) is 9.72 Å². The minimum atomic E-state index is -1.35. The number of thioether (sulfide) groups is 1. The van der Waals surface area contributed by atoms with Gasteiger partial charge in [-0.3, -0.25) is 4.21 Å². The molecule has 5 nitrogen and oxygen atoms in total. The van der Waals surface area contributed by atoms with E-state index >= 15 is 0 Å². The molecule has 0 aliphatic carbocycles. The molecule has 0 amide bonds. The number of hydrogen-bond donors (Lipinski definition) is 1. The molecule has 0 saturated heterocycles. The molecule has 7 heteroatoms. The molecule has 1 heterocycles. The van der Waals surface area contributed by atoms with Crippen LogP contribution in [0, 0.1) is 11.3 Å². The first-order chi connectivity index (χ1) is 18.7.